The van der Waals surface area contributed by atoms with Crippen molar-refractivity contribution in [3.05, 3.63) is 47.2 Å². The molecule has 0 aliphatic carbocycles. The Kier molecular flexibility index (Phi) is 5.09. The number of nitrogens with one attached hydrogen (secondary N) is 1. The predicted octanol–water partition coefficient (Wildman–Crippen LogP) is 3.63. The average Bonchev–Trinajstić information content (AvgIpc) is 2.43. The van der Waals surface area contributed by atoms with Gasteiger partial charge in [0, 0.05) is 18.3 Å². The minimum atomic E-state index is -0.266. The summed E-state index contributed by atoms with van der Waals surface area (Å²) in [6.45, 7) is 6.96. The Balaban J connectivity index is 2.07. The molecule has 0 bridgehead atoms. The van der Waals surface area contributed by atoms with E-state index in [2.05, 4.69) is 22.2 Å². The number of rotatable bonds is 6. The Morgan fingerprint density at radius 2 is 2.00 bits per heavy atom. The molecule has 0 amide bonds. The molecule has 5 heteroatoms. The highest BCUT2D eigenvalue weighted by molar-refractivity contribution is 5.36. The number of benzene rings is 1. The van der Waals surface area contributed by atoms with Crippen LogP contribution in [0.15, 0.2) is 24.3 Å². The number of halogens is 1. The molecule has 0 saturated carbocycles. The van der Waals surface area contributed by atoms with E-state index in [0.717, 1.165) is 30.0 Å². The first-order chi connectivity index (χ1) is 10.1. The molecule has 1 aromatic heterocycles. The second-order valence-corrected chi connectivity index (χ2v) is 4.94. The number of hydrogen-bond donors (Lipinski definition) is 1. The normalized spacial score (nSPS) is 10.5. The molecule has 0 fully saturated rings. The largest absolute Gasteiger partial charge is 0.485 e. The molecule has 0 saturated heterocycles. The van der Waals surface area contributed by atoms with Crippen molar-refractivity contribution in [2.24, 2.45) is 0 Å². The van der Waals surface area contributed by atoms with Gasteiger partial charge in [-0.1, -0.05) is 6.92 Å². The van der Waals surface area contributed by atoms with Crippen molar-refractivity contribution in [1.29, 1.82) is 0 Å². The van der Waals surface area contributed by atoms with Crippen LogP contribution in [0.25, 0.3) is 0 Å². The highest BCUT2D eigenvalue weighted by atomic mass is 19.1. The molecular formula is C16H20FN3O. The van der Waals surface area contributed by atoms with Crippen molar-refractivity contribution >= 4 is 5.82 Å². The van der Waals surface area contributed by atoms with E-state index < -0.39 is 0 Å². The topological polar surface area (TPSA) is 47.0 Å². The van der Waals surface area contributed by atoms with E-state index in [1.54, 1.807) is 6.07 Å². The number of aryl methyl sites for hydroxylation is 2. The number of nitrogens with zero attached hydrogens (tertiary/aromatic N) is 2. The molecule has 0 spiro atoms. The van der Waals surface area contributed by atoms with E-state index in [9.17, 15) is 4.39 Å². The minimum Gasteiger partial charge on any atom is -0.485 e. The van der Waals surface area contributed by atoms with Gasteiger partial charge in [0.05, 0.1) is 0 Å². The van der Waals surface area contributed by atoms with Gasteiger partial charge in [0.2, 0.25) is 0 Å². The quantitative estimate of drug-likeness (QED) is 0.882. The van der Waals surface area contributed by atoms with Gasteiger partial charge in [0.1, 0.15) is 24.0 Å². The maximum absolute atomic E-state index is 13.0. The molecule has 0 unspecified atom stereocenters. The van der Waals surface area contributed by atoms with Gasteiger partial charge in [-0.3, -0.25) is 0 Å². The van der Waals surface area contributed by atoms with Gasteiger partial charge in [-0.05, 0) is 44.0 Å². The molecule has 2 aromatic rings. The van der Waals surface area contributed by atoms with Crippen LogP contribution in [-0.4, -0.2) is 16.5 Å². The van der Waals surface area contributed by atoms with E-state index in [0.29, 0.717) is 11.6 Å². The molecule has 4 nitrogen and oxygen atoms in total. The van der Waals surface area contributed by atoms with Gasteiger partial charge >= 0.3 is 0 Å². The third kappa shape index (κ3) is 4.41. The lowest BCUT2D eigenvalue weighted by Gasteiger charge is -2.10. The van der Waals surface area contributed by atoms with Crippen molar-refractivity contribution in [2.75, 3.05) is 11.9 Å². The fourth-order valence-electron chi connectivity index (χ4n) is 1.96. The molecule has 0 atom stereocenters. The number of hydrogen-bond acceptors (Lipinski definition) is 4. The zero-order valence-electron chi connectivity index (χ0n) is 12.6. The zero-order chi connectivity index (χ0) is 15.2. The van der Waals surface area contributed by atoms with Crippen LogP contribution in [0.1, 0.15) is 30.4 Å². The van der Waals surface area contributed by atoms with Crippen LogP contribution in [-0.2, 0) is 6.61 Å². The lowest BCUT2D eigenvalue weighted by molar-refractivity contribution is 0.293. The van der Waals surface area contributed by atoms with Crippen LogP contribution < -0.4 is 10.1 Å². The highest BCUT2D eigenvalue weighted by Crippen LogP contribution is 2.19. The first-order valence-corrected chi connectivity index (χ1v) is 7.06. The lowest BCUT2D eigenvalue weighted by atomic mass is 10.2. The minimum absolute atomic E-state index is 0.259. The summed E-state index contributed by atoms with van der Waals surface area (Å²) in [5, 5.41) is 3.24. The fraction of sp³-hybridized carbons (Fsp3) is 0.375. The fourth-order valence-corrected chi connectivity index (χ4v) is 1.96. The van der Waals surface area contributed by atoms with Crippen LogP contribution in [0.2, 0.25) is 0 Å². The van der Waals surface area contributed by atoms with Gasteiger partial charge in [0.25, 0.3) is 0 Å². The van der Waals surface area contributed by atoms with Crippen molar-refractivity contribution in [3.8, 4) is 5.75 Å². The molecule has 21 heavy (non-hydrogen) atoms. The van der Waals surface area contributed by atoms with Crippen molar-refractivity contribution in [1.82, 2.24) is 9.97 Å². The Morgan fingerprint density at radius 1 is 1.19 bits per heavy atom. The molecule has 1 aromatic carbocycles. The molecular weight excluding hydrogens is 269 g/mol. The van der Waals surface area contributed by atoms with E-state index >= 15 is 0 Å². The summed E-state index contributed by atoms with van der Waals surface area (Å²) in [6, 6.07) is 6.35. The summed E-state index contributed by atoms with van der Waals surface area (Å²) in [7, 11) is 0. The van der Waals surface area contributed by atoms with Crippen LogP contribution in [0.3, 0.4) is 0 Å². The maximum Gasteiger partial charge on any atom is 0.168 e. The molecule has 0 radical (unpaired) electrons. The van der Waals surface area contributed by atoms with Gasteiger partial charge in [0.15, 0.2) is 5.82 Å². The van der Waals surface area contributed by atoms with Crippen molar-refractivity contribution in [3.63, 3.8) is 0 Å². The van der Waals surface area contributed by atoms with Crippen molar-refractivity contribution < 1.29 is 9.13 Å². The summed E-state index contributed by atoms with van der Waals surface area (Å²) >= 11 is 0. The number of aromatic nitrogens is 2. The van der Waals surface area contributed by atoms with Crippen LogP contribution in [0, 0.1) is 19.7 Å². The van der Waals surface area contributed by atoms with Gasteiger partial charge in [-0.2, -0.15) is 0 Å². The highest BCUT2D eigenvalue weighted by Gasteiger charge is 2.05. The van der Waals surface area contributed by atoms with Crippen LogP contribution in [0.4, 0.5) is 10.2 Å². The third-order valence-corrected chi connectivity index (χ3v) is 2.95. The molecule has 1 N–H and O–H groups in total. The summed E-state index contributed by atoms with van der Waals surface area (Å²) in [5.74, 6) is 1.79. The Labute approximate surface area is 124 Å². The molecule has 0 aliphatic heterocycles. The van der Waals surface area contributed by atoms with Crippen LogP contribution in [0.5, 0.6) is 5.75 Å². The molecule has 1 heterocycles. The Bertz CT molecular complexity index is 616. The lowest BCUT2D eigenvalue weighted by Crippen LogP contribution is -2.08. The van der Waals surface area contributed by atoms with Crippen molar-refractivity contribution in [2.45, 2.75) is 33.8 Å². The second-order valence-electron chi connectivity index (χ2n) is 4.94. The molecule has 112 valence electrons. The van der Waals surface area contributed by atoms with Gasteiger partial charge < -0.3 is 10.1 Å². The van der Waals surface area contributed by atoms with E-state index in [1.807, 2.05) is 19.9 Å². The van der Waals surface area contributed by atoms with E-state index in [4.69, 9.17) is 4.74 Å². The summed E-state index contributed by atoms with van der Waals surface area (Å²) in [4.78, 5) is 8.77. The standard InChI is InChI=1S/C16H20FN3O/c1-4-7-18-15-9-12(3)19-16(20-15)10-21-14-6-5-13(17)8-11(14)2/h5-6,8-9H,4,7,10H2,1-3H3,(H,18,19,20). The van der Waals surface area contributed by atoms with E-state index in [-0.39, 0.29) is 12.4 Å². The summed E-state index contributed by atoms with van der Waals surface area (Å²) < 4.78 is 18.7. The SMILES string of the molecule is CCCNc1cc(C)nc(COc2ccc(F)cc2C)n1. The first-order valence-electron chi connectivity index (χ1n) is 7.06. The second kappa shape index (κ2) is 7.02. The van der Waals surface area contributed by atoms with Gasteiger partial charge in [-0.15, -0.1) is 0 Å². The molecule has 0 aliphatic rings. The average molecular weight is 289 g/mol. The monoisotopic (exact) mass is 289 g/mol. The first kappa shape index (κ1) is 15.2. The van der Waals surface area contributed by atoms with E-state index in [1.165, 1.54) is 12.1 Å². The smallest absolute Gasteiger partial charge is 0.168 e. The predicted molar refractivity (Wildman–Crippen MR) is 81.0 cm³/mol. The third-order valence-electron chi connectivity index (χ3n) is 2.95. The zero-order valence-corrected chi connectivity index (χ0v) is 12.6. The Morgan fingerprint density at radius 3 is 2.71 bits per heavy atom. The maximum atomic E-state index is 13.0. The summed E-state index contributed by atoms with van der Waals surface area (Å²) in [5.41, 5.74) is 1.64. The Hall–Kier alpha value is -2.17. The summed E-state index contributed by atoms with van der Waals surface area (Å²) in [6.07, 6.45) is 1.03. The molecule has 2 rings (SSSR count). The number of anilines is 1. The van der Waals surface area contributed by atoms with Crippen LogP contribution >= 0.6 is 0 Å². The van der Waals surface area contributed by atoms with Gasteiger partial charge in [-0.25, -0.2) is 14.4 Å². The number of ether oxygens (including phenoxy) is 1.